The lowest BCUT2D eigenvalue weighted by molar-refractivity contribution is -0.124. The minimum Gasteiger partial charge on any atom is -0.394 e. The van der Waals surface area contributed by atoms with E-state index in [0.29, 0.717) is 37.9 Å². The predicted molar refractivity (Wildman–Crippen MR) is 78.2 cm³/mol. The molecule has 1 aromatic rings. The summed E-state index contributed by atoms with van der Waals surface area (Å²) in [6.45, 7) is 2.12. The van der Waals surface area contributed by atoms with E-state index in [-0.39, 0.29) is 18.6 Å². The Labute approximate surface area is 123 Å². The summed E-state index contributed by atoms with van der Waals surface area (Å²) in [6.07, 6.45) is 2.96. The molecule has 21 heavy (non-hydrogen) atoms. The molecule has 1 atom stereocenters. The quantitative estimate of drug-likeness (QED) is 0.609. The van der Waals surface area contributed by atoms with Crippen molar-refractivity contribution in [1.29, 1.82) is 0 Å². The summed E-state index contributed by atoms with van der Waals surface area (Å²) in [6, 6.07) is 3.58. The lowest BCUT2D eigenvalue weighted by atomic mass is 10.2. The van der Waals surface area contributed by atoms with Crippen LogP contribution in [-0.2, 0) is 14.3 Å². The molecular formula is C14H21N3O4. The van der Waals surface area contributed by atoms with Crippen molar-refractivity contribution in [3.05, 3.63) is 18.3 Å². The van der Waals surface area contributed by atoms with Crippen molar-refractivity contribution in [2.24, 2.45) is 0 Å². The van der Waals surface area contributed by atoms with Crippen LogP contribution in [0.25, 0.3) is 0 Å². The maximum atomic E-state index is 11.9. The minimum atomic E-state index is -0.341. The first-order chi connectivity index (χ1) is 10.3. The van der Waals surface area contributed by atoms with Crippen LogP contribution in [-0.4, -0.2) is 55.1 Å². The Balaban J connectivity index is 1.72. The highest BCUT2D eigenvalue weighted by Gasteiger charge is 2.23. The van der Waals surface area contributed by atoms with Crippen molar-refractivity contribution in [3.8, 4) is 0 Å². The molecular weight excluding hydrogens is 274 g/mol. The molecule has 0 radical (unpaired) electrons. The topological polar surface area (TPSA) is 92.7 Å². The van der Waals surface area contributed by atoms with E-state index in [1.165, 1.54) is 0 Å². The van der Waals surface area contributed by atoms with Crippen LogP contribution in [0.15, 0.2) is 18.3 Å². The van der Waals surface area contributed by atoms with Gasteiger partial charge in [-0.15, -0.1) is 0 Å². The van der Waals surface area contributed by atoms with Gasteiger partial charge in [0.1, 0.15) is 11.9 Å². The molecule has 7 heteroatoms. The van der Waals surface area contributed by atoms with Gasteiger partial charge in [0.2, 0.25) is 0 Å². The summed E-state index contributed by atoms with van der Waals surface area (Å²) in [7, 11) is 0. The molecule has 1 fully saturated rings. The molecule has 0 aromatic carbocycles. The monoisotopic (exact) mass is 295 g/mol. The van der Waals surface area contributed by atoms with Crippen LogP contribution in [0.2, 0.25) is 0 Å². The number of aliphatic hydroxyl groups is 1. The van der Waals surface area contributed by atoms with Gasteiger partial charge >= 0.3 is 0 Å². The first kappa shape index (κ1) is 15.7. The van der Waals surface area contributed by atoms with E-state index < -0.39 is 0 Å². The average molecular weight is 295 g/mol. The summed E-state index contributed by atoms with van der Waals surface area (Å²) in [5, 5.41) is 14.4. The molecule has 1 aliphatic heterocycles. The largest absolute Gasteiger partial charge is 0.394 e. The van der Waals surface area contributed by atoms with E-state index in [1.54, 1.807) is 18.3 Å². The van der Waals surface area contributed by atoms with Crippen LogP contribution in [0.1, 0.15) is 12.8 Å². The number of ether oxygens (including phenoxy) is 2. The highest BCUT2D eigenvalue weighted by Crippen LogP contribution is 2.15. The van der Waals surface area contributed by atoms with Crippen LogP contribution in [0.3, 0.4) is 0 Å². The molecule has 116 valence electrons. The summed E-state index contributed by atoms with van der Waals surface area (Å²) in [5.41, 5.74) is 0.651. The van der Waals surface area contributed by atoms with Gasteiger partial charge in [-0.3, -0.25) is 4.79 Å². The molecule has 1 unspecified atom stereocenters. The van der Waals surface area contributed by atoms with E-state index in [0.717, 1.165) is 12.8 Å². The molecule has 1 saturated heterocycles. The van der Waals surface area contributed by atoms with Gasteiger partial charge in [-0.05, 0) is 25.0 Å². The standard InChI is InChI=1S/C14H21N3O4/c18-6-9-20-8-5-15-13-4-3-11(10-16-13)17-14(19)12-2-1-7-21-12/h3-4,10,12,18H,1-2,5-9H2,(H,15,16)(H,17,19). The Hall–Kier alpha value is -1.70. The molecule has 7 nitrogen and oxygen atoms in total. The smallest absolute Gasteiger partial charge is 0.253 e. The van der Waals surface area contributed by atoms with E-state index in [2.05, 4.69) is 15.6 Å². The number of rotatable bonds is 8. The van der Waals surface area contributed by atoms with Crippen molar-refractivity contribution in [1.82, 2.24) is 4.98 Å². The number of hydrogen-bond acceptors (Lipinski definition) is 6. The summed E-state index contributed by atoms with van der Waals surface area (Å²) >= 11 is 0. The molecule has 3 N–H and O–H groups in total. The van der Waals surface area contributed by atoms with E-state index in [9.17, 15) is 4.79 Å². The number of anilines is 2. The first-order valence-corrected chi connectivity index (χ1v) is 7.10. The van der Waals surface area contributed by atoms with Gasteiger partial charge in [0.15, 0.2) is 0 Å². The molecule has 0 spiro atoms. The maximum Gasteiger partial charge on any atom is 0.253 e. The van der Waals surface area contributed by atoms with Crippen LogP contribution in [0, 0.1) is 0 Å². The number of hydrogen-bond donors (Lipinski definition) is 3. The zero-order valence-corrected chi connectivity index (χ0v) is 11.9. The van der Waals surface area contributed by atoms with Gasteiger partial charge < -0.3 is 25.2 Å². The highest BCUT2D eigenvalue weighted by molar-refractivity contribution is 5.94. The fraction of sp³-hybridized carbons (Fsp3) is 0.571. The van der Waals surface area contributed by atoms with E-state index >= 15 is 0 Å². The van der Waals surface area contributed by atoms with Gasteiger partial charge in [0.05, 0.1) is 31.7 Å². The Bertz CT molecular complexity index is 432. The van der Waals surface area contributed by atoms with Gasteiger partial charge in [-0.25, -0.2) is 4.98 Å². The summed E-state index contributed by atoms with van der Waals surface area (Å²) < 4.78 is 10.4. The van der Waals surface area contributed by atoms with Crippen LogP contribution in [0.4, 0.5) is 11.5 Å². The SMILES string of the molecule is O=C(Nc1ccc(NCCOCCO)nc1)C1CCCO1. The fourth-order valence-electron chi connectivity index (χ4n) is 2.00. The number of carbonyl (C=O) groups excluding carboxylic acids is 1. The second-order valence-corrected chi connectivity index (χ2v) is 4.69. The molecule has 2 rings (SSSR count). The fourth-order valence-corrected chi connectivity index (χ4v) is 2.00. The lowest BCUT2D eigenvalue weighted by Gasteiger charge is -2.11. The third-order valence-electron chi connectivity index (χ3n) is 3.04. The normalized spacial score (nSPS) is 17.7. The number of nitrogens with one attached hydrogen (secondary N) is 2. The molecule has 0 saturated carbocycles. The van der Waals surface area contributed by atoms with E-state index in [4.69, 9.17) is 14.6 Å². The van der Waals surface area contributed by atoms with Gasteiger partial charge in [-0.1, -0.05) is 0 Å². The third kappa shape index (κ3) is 5.30. The lowest BCUT2D eigenvalue weighted by Crippen LogP contribution is -2.26. The maximum absolute atomic E-state index is 11.9. The second kappa shape index (κ2) is 8.56. The molecule has 0 bridgehead atoms. The van der Waals surface area contributed by atoms with Crippen molar-refractivity contribution >= 4 is 17.4 Å². The second-order valence-electron chi connectivity index (χ2n) is 4.69. The van der Waals surface area contributed by atoms with Crippen molar-refractivity contribution in [3.63, 3.8) is 0 Å². The highest BCUT2D eigenvalue weighted by atomic mass is 16.5. The summed E-state index contributed by atoms with van der Waals surface area (Å²) in [5.74, 6) is 0.588. The molecule has 1 aliphatic rings. The molecule has 2 heterocycles. The van der Waals surface area contributed by atoms with Crippen molar-refractivity contribution in [2.45, 2.75) is 18.9 Å². The van der Waals surface area contributed by atoms with Gasteiger partial charge in [-0.2, -0.15) is 0 Å². The number of carbonyl (C=O) groups is 1. The van der Waals surface area contributed by atoms with Gasteiger partial charge in [0.25, 0.3) is 5.91 Å². The predicted octanol–water partition coefficient (Wildman–Crippen LogP) is 0.620. The molecule has 1 aromatic heterocycles. The third-order valence-corrected chi connectivity index (χ3v) is 3.04. The average Bonchev–Trinajstić information content (AvgIpc) is 3.03. The van der Waals surface area contributed by atoms with Gasteiger partial charge in [0, 0.05) is 13.2 Å². The number of amides is 1. The molecule has 0 aliphatic carbocycles. The van der Waals surface area contributed by atoms with Crippen LogP contribution in [0.5, 0.6) is 0 Å². The van der Waals surface area contributed by atoms with E-state index in [1.807, 2.05) is 0 Å². The molecule has 1 amide bonds. The Morgan fingerprint density at radius 1 is 1.48 bits per heavy atom. The number of pyridine rings is 1. The first-order valence-electron chi connectivity index (χ1n) is 7.10. The minimum absolute atomic E-state index is 0.0252. The Morgan fingerprint density at radius 3 is 3.05 bits per heavy atom. The zero-order chi connectivity index (χ0) is 14.9. The van der Waals surface area contributed by atoms with Crippen molar-refractivity contribution < 1.29 is 19.4 Å². The number of aromatic nitrogens is 1. The van der Waals surface area contributed by atoms with Crippen LogP contribution >= 0.6 is 0 Å². The Kier molecular flexibility index (Phi) is 6.39. The Morgan fingerprint density at radius 2 is 2.38 bits per heavy atom. The number of nitrogens with zero attached hydrogens (tertiary/aromatic N) is 1. The summed E-state index contributed by atoms with van der Waals surface area (Å²) in [4.78, 5) is 16.1. The van der Waals surface area contributed by atoms with Crippen molar-refractivity contribution in [2.75, 3.05) is 43.6 Å². The van der Waals surface area contributed by atoms with Crippen LogP contribution < -0.4 is 10.6 Å². The zero-order valence-electron chi connectivity index (χ0n) is 11.9. The number of aliphatic hydroxyl groups excluding tert-OH is 1.